The van der Waals surface area contributed by atoms with Gasteiger partial charge < -0.3 is 10.8 Å². The second-order valence-corrected chi connectivity index (χ2v) is 4.07. The molecule has 3 heteroatoms. The summed E-state index contributed by atoms with van der Waals surface area (Å²) < 4.78 is 0. The summed E-state index contributed by atoms with van der Waals surface area (Å²) in [6, 6.07) is 6.50. The Hall–Kier alpha value is -1.77. The molecule has 0 fully saturated rings. The Labute approximate surface area is 102 Å². The minimum absolute atomic E-state index is 0.0593. The fourth-order valence-electron chi connectivity index (χ4n) is 1.53. The maximum atomic E-state index is 11.6. The molecule has 0 unspecified atom stereocenters. The van der Waals surface area contributed by atoms with E-state index >= 15 is 0 Å². The van der Waals surface area contributed by atoms with Gasteiger partial charge in [0.2, 0.25) is 0 Å². The molecule has 0 saturated heterocycles. The molecule has 1 aromatic rings. The van der Waals surface area contributed by atoms with Gasteiger partial charge in [-0.3, -0.25) is 4.79 Å². The van der Waals surface area contributed by atoms with Gasteiger partial charge in [-0.1, -0.05) is 19.8 Å². The first-order valence-corrected chi connectivity index (χ1v) is 5.93. The molecule has 0 aliphatic heterocycles. The zero-order valence-corrected chi connectivity index (χ0v) is 10.1. The molecule has 3 nitrogen and oxygen atoms in total. The summed E-state index contributed by atoms with van der Waals surface area (Å²) in [5.74, 6) is 0.250. The zero-order chi connectivity index (χ0) is 12.7. The molecule has 92 valence electrons. The van der Waals surface area contributed by atoms with Gasteiger partial charge >= 0.3 is 0 Å². The van der Waals surface area contributed by atoms with E-state index < -0.39 is 0 Å². The Bertz CT molecular complexity index is 393. The van der Waals surface area contributed by atoms with E-state index in [9.17, 15) is 4.79 Å². The first kappa shape index (κ1) is 13.3. The number of phenols is 1. The van der Waals surface area contributed by atoms with E-state index in [0.29, 0.717) is 12.1 Å². The lowest BCUT2D eigenvalue weighted by molar-refractivity contribution is -0.114. The summed E-state index contributed by atoms with van der Waals surface area (Å²) in [6.07, 6.45) is 5.10. The van der Waals surface area contributed by atoms with Crippen molar-refractivity contribution >= 4 is 11.5 Å². The van der Waals surface area contributed by atoms with Crippen LogP contribution in [0.3, 0.4) is 0 Å². The van der Waals surface area contributed by atoms with Crippen molar-refractivity contribution in [1.29, 1.82) is 0 Å². The SMILES string of the molecule is CCCCCC(=O)C=C(N)c1ccc(O)cc1. The highest BCUT2D eigenvalue weighted by Gasteiger charge is 2.01. The Kier molecular flexibility index (Phi) is 5.27. The number of allylic oxidation sites excluding steroid dienone is 1. The Morgan fingerprint density at radius 1 is 1.29 bits per heavy atom. The van der Waals surface area contributed by atoms with Crippen molar-refractivity contribution in [2.45, 2.75) is 32.6 Å². The first-order valence-electron chi connectivity index (χ1n) is 5.93. The summed E-state index contributed by atoms with van der Waals surface area (Å²) in [6.45, 7) is 2.10. The van der Waals surface area contributed by atoms with Crippen LogP contribution in [0.5, 0.6) is 5.75 Å². The van der Waals surface area contributed by atoms with Crippen LogP contribution in [0.25, 0.3) is 5.70 Å². The average Bonchev–Trinajstić information content (AvgIpc) is 2.30. The van der Waals surface area contributed by atoms with Gasteiger partial charge in [0.1, 0.15) is 5.75 Å². The lowest BCUT2D eigenvalue weighted by Crippen LogP contribution is -2.01. The van der Waals surface area contributed by atoms with Crippen molar-refractivity contribution in [3.05, 3.63) is 35.9 Å². The normalized spacial score (nSPS) is 11.5. The van der Waals surface area contributed by atoms with E-state index in [0.717, 1.165) is 24.8 Å². The fraction of sp³-hybridized carbons (Fsp3) is 0.357. The topological polar surface area (TPSA) is 63.3 Å². The van der Waals surface area contributed by atoms with E-state index in [2.05, 4.69) is 6.92 Å². The van der Waals surface area contributed by atoms with Crippen molar-refractivity contribution in [2.75, 3.05) is 0 Å². The van der Waals surface area contributed by atoms with Crippen LogP contribution in [0.1, 0.15) is 38.2 Å². The number of ketones is 1. The fourth-order valence-corrected chi connectivity index (χ4v) is 1.53. The summed E-state index contributed by atoms with van der Waals surface area (Å²) >= 11 is 0. The van der Waals surface area contributed by atoms with Crippen LogP contribution in [-0.2, 0) is 4.79 Å². The number of phenolic OH excluding ortho intramolecular Hbond substituents is 1. The third kappa shape index (κ3) is 4.72. The van der Waals surface area contributed by atoms with Gasteiger partial charge in [-0.25, -0.2) is 0 Å². The predicted octanol–water partition coefficient (Wildman–Crippen LogP) is 2.84. The Morgan fingerprint density at radius 3 is 2.53 bits per heavy atom. The molecule has 0 saturated carbocycles. The van der Waals surface area contributed by atoms with Crippen LogP contribution >= 0.6 is 0 Å². The monoisotopic (exact) mass is 233 g/mol. The number of unbranched alkanes of at least 4 members (excludes halogenated alkanes) is 2. The third-order valence-electron chi connectivity index (χ3n) is 2.54. The maximum absolute atomic E-state index is 11.6. The van der Waals surface area contributed by atoms with Gasteiger partial charge in [0, 0.05) is 18.2 Å². The number of nitrogens with two attached hydrogens (primary N) is 1. The number of carbonyl (C=O) groups excluding carboxylic acids is 1. The molecular formula is C14H19NO2. The van der Waals surface area contributed by atoms with E-state index in [1.165, 1.54) is 6.08 Å². The van der Waals surface area contributed by atoms with Crippen LogP contribution < -0.4 is 5.73 Å². The van der Waals surface area contributed by atoms with Crippen LogP contribution in [0.15, 0.2) is 30.3 Å². The molecule has 0 bridgehead atoms. The molecule has 0 aliphatic carbocycles. The Morgan fingerprint density at radius 2 is 1.94 bits per heavy atom. The molecule has 0 atom stereocenters. The van der Waals surface area contributed by atoms with Crippen LogP contribution in [0.4, 0.5) is 0 Å². The van der Waals surface area contributed by atoms with Crippen molar-refractivity contribution in [3.63, 3.8) is 0 Å². The van der Waals surface area contributed by atoms with E-state index in [-0.39, 0.29) is 11.5 Å². The van der Waals surface area contributed by atoms with Gasteiger partial charge in [0.05, 0.1) is 0 Å². The second-order valence-electron chi connectivity index (χ2n) is 4.07. The summed E-state index contributed by atoms with van der Waals surface area (Å²) in [4.78, 5) is 11.6. The largest absolute Gasteiger partial charge is 0.508 e. The van der Waals surface area contributed by atoms with E-state index in [1.54, 1.807) is 24.3 Å². The van der Waals surface area contributed by atoms with Crippen molar-refractivity contribution in [1.82, 2.24) is 0 Å². The van der Waals surface area contributed by atoms with Crippen LogP contribution in [0, 0.1) is 0 Å². The minimum Gasteiger partial charge on any atom is -0.508 e. The molecule has 0 amide bonds. The summed E-state index contributed by atoms with van der Waals surface area (Å²) in [7, 11) is 0. The summed E-state index contributed by atoms with van der Waals surface area (Å²) in [5.41, 5.74) is 7.02. The van der Waals surface area contributed by atoms with Crippen molar-refractivity contribution in [3.8, 4) is 5.75 Å². The molecule has 0 radical (unpaired) electrons. The zero-order valence-electron chi connectivity index (χ0n) is 10.1. The Balaban J connectivity index is 2.59. The van der Waals surface area contributed by atoms with E-state index in [4.69, 9.17) is 10.8 Å². The van der Waals surface area contributed by atoms with Gasteiger partial charge in [0.15, 0.2) is 5.78 Å². The second kappa shape index (κ2) is 6.74. The quantitative estimate of drug-likeness (QED) is 0.586. The predicted molar refractivity (Wildman–Crippen MR) is 69.4 cm³/mol. The van der Waals surface area contributed by atoms with Gasteiger partial charge in [-0.2, -0.15) is 0 Å². The minimum atomic E-state index is 0.0593. The highest BCUT2D eigenvalue weighted by molar-refractivity contribution is 5.96. The lowest BCUT2D eigenvalue weighted by atomic mass is 10.1. The molecule has 0 spiro atoms. The molecule has 1 aromatic carbocycles. The van der Waals surface area contributed by atoms with Gasteiger partial charge in [-0.15, -0.1) is 0 Å². The lowest BCUT2D eigenvalue weighted by Gasteiger charge is -2.02. The highest BCUT2D eigenvalue weighted by atomic mass is 16.3. The highest BCUT2D eigenvalue weighted by Crippen LogP contribution is 2.14. The molecule has 0 heterocycles. The molecule has 1 rings (SSSR count). The number of benzene rings is 1. The number of hydrogen-bond acceptors (Lipinski definition) is 3. The molecule has 0 aromatic heterocycles. The maximum Gasteiger partial charge on any atom is 0.157 e. The molecule has 3 N–H and O–H groups in total. The van der Waals surface area contributed by atoms with Crippen molar-refractivity contribution < 1.29 is 9.90 Å². The molecular weight excluding hydrogens is 214 g/mol. The van der Waals surface area contributed by atoms with Crippen LogP contribution in [0.2, 0.25) is 0 Å². The molecule has 0 aliphatic rings. The number of aromatic hydroxyl groups is 1. The van der Waals surface area contributed by atoms with Gasteiger partial charge in [0.25, 0.3) is 0 Å². The van der Waals surface area contributed by atoms with Crippen LogP contribution in [-0.4, -0.2) is 10.9 Å². The third-order valence-corrected chi connectivity index (χ3v) is 2.54. The van der Waals surface area contributed by atoms with Crippen molar-refractivity contribution in [2.24, 2.45) is 5.73 Å². The summed E-state index contributed by atoms with van der Waals surface area (Å²) in [5, 5.41) is 9.14. The van der Waals surface area contributed by atoms with Gasteiger partial charge in [-0.05, 0) is 36.2 Å². The first-order chi connectivity index (χ1) is 8.13. The number of carbonyl (C=O) groups is 1. The standard InChI is InChI=1S/C14H19NO2/c1-2-3-4-5-13(17)10-14(15)11-6-8-12(16)9-7-11/h6-10,16H,2-5,15H2,1H3. The molecule has 17 heavy (non-hydrogen) atoms. The average molecular weight is 233 g/mol. The number of hydrogen-bond donors (Lipinski definition) is 2. The van der Waals surface area contributed by atoms with E-state index in [1.807, 2.05) is 0 Å². The number of rotatable bonds is 6. The smallest absolute Gasteiger partial charge is 0.157 e.